The molecule has 0 heterocycles. The van der Waals surface area contributed by atoms with Gasteiger partial charge in [-0.15, -0.1) is 0 Å². The van der Waals surface area contributed by atoms with Crippen LogP contribution in [0.15, 0.2) is 102 Å². The van der Waals surface area contributed by atoms with Crippen molar-refractivity contribution in [1.82, 2.24) is 5.32 Å². The Balaban J connectivity index is 2.41. The standard InChI is InChI=1S/C23H16Cl3N2O2P/c24-23(25,26)22(30)28-21(29)20(16-27)31(17-10-4-1-5-11-17,18-12-6-2-7-13-18)19-14-8-3-9-15-19/h1-15H,(H-,28,29,30)/p+1/b21-20-. The van der Waals surface area contributed by atoms with Crippen LogP contribution in [0, 0.1) is 11.3 Å². The SMILES string of the molecule is N#C/C(=C(/O)NC(=O)C(Cl)(Cl)Cl)[P+](c1ccccc1)(c1ccccc1)c1ccccc1. The zero-order valence-electron chi connectivity index (χ0n) is 16.0. The molecule has 0 unspecified atom stereocenters. The van der Waals surface area contributed by atoms with Gasteiger partial charge in [-0.05, 0) is 36.4 Å². The van der Waals surface area contributed by atoms with Crippen molar-refractivity contribution in [3.8, 4) is 6.07 Å². The summed E-state index contributed by atoms with van der Waals surface area (Å²) < 4.78 is -2.30. The van der Waals surface area contributed by atoms with E-state index in [0.29, 0.717) is 0 Å². The number of carbonyl (C=O) groups excluding carboxylic acids is 1. The van der Waals surface area contributed by atoms with Crippen molar-refractivity contribution in [2.24, 2.45) is 0 Å². The molecule has 0 atom stereocenters. The van der Waals surface area contributed by atoms with Gasteiger partial charge < -0.3 is 5.11 Å². The number of rotatable bonds is 5. The number of halogens is 3. The highest BCUT2D eigenvalue weighted by atomic mass is 35.6. The molecule has 0 aromatic heterocycles. The van der Waals surface area contributed by atoms with Crippen molar-refractivity contribution in [3.63, 3.8) is 0 Å². The van der Waals surface area contributed by atoms with Gasteiger partial charge in [0.15, 0.2) is 7.26 Å². The van der Waals surface area contributed by atoms with Crippen molar-refractivity contribution >= 4 is 63.9 Å². The molecule has 31 heavy (non-hydrogen) atoms. The number of benzene rings is 3. The molecule has 0 aliphatic heterocycles. The Morgan fingerprint density at radius 2 is 1.16 bits per heavy atom. The number of hydrogen-bond acceptors (Lipinski definition) is 3. The van der Waals surface area contributed by atoms with Crippen molar-refractivity contribution in [3.05, 3.63) is 102 Å². The van der Waals surface area contributed by atoms with Crippen LogP contribution in [-0.2, 0) is 4.79 Å². The first-order chi connectivity index (χ1) is 14.8. The molecule has 4 nitrogen and oxygen atoms in total. The fourth-order valence-corrected chi connectivity index (χ4v) is 7.51. The van der Waals surface area contributed by atoms with E-state index in [2.05, 4.69) is 11.4 Å². The number of carbonyl (C=O) groups is 1. The Morgan fingerprint density at radius 3 is 1.45 bits per heavy atom. The van der Waals surface area contributed by atoms with E-state index in [1.165, 1.54) is 0 Å². The van der Waals surface area contributed by atoms with Gasteiger partial charge in [0.25, 0.3) is 9.70 Å². The lowest BCUT2D eigenvalue weighted by Crippen LogP contribution is -2.37. The first-order valence-corrected chi connectivity index (χ1v) is 12.0. The van der Waals surface area contributed by atoms with Gasteiger partial charge in [-0.2, -0.15) is 5.26 Å². The minimum absolute atomic E-state index is 0.0151. The van der Waals surface area contributed by atoms with Crippen LogP contribution in [0.4, 0.5) is 0 Å². The molecule has 0 bridgehead atoms. The maximum atomic E-state index is 12.2. The van der Waals surface area contributed by atoms with Crippen LogP contribution in [0.3, 0.4) is 0 Å². The Hall–Kier alpha value is -2.54. The van der Waals surface area contributed by atoms with Gasteiger partial charge in [-0.25, -0.2) is 0 Å². The molecular weight excluding hydrogens is 474 g/mol. The van der Waals surface area contributed by atoms with E-state index in [4.69, 9.17) is 34.8 Å². The molecule has 1 amide bonds. The molecule has 3 aromatic carbocycles. The second-order valence-corrected chi connectivity index (χ2v) is 12.1. The van der Waals surface area contributed by atoms with Gasteiger partial charge in [0.05, 0.1) is 0 Å². The van der Waals surface area contributed by atoms with E-state index >= 15 is 0 Å². The largest absolute Gasteiger partial charge is 0.491 e. The third-order valence-electron chi connectivity index (χ3n) is 4.59. The average Bonchev–Trinajstić information content (AvgIpc) is 2.78. The lowest BCUT2D eigenvalue weighted by molar-refractivity contribution is -0.120. The van der Waals surface area contributed by atoms with E-state index in [9.17, 15) is 15.2 Å². The van der Waals surface area contributed by atoms with Gasteiger partial charge in [0, 0.05) is 0 Å². The molecule has 0 radical (unpaired) electrons. The number of nitriles is 1. The van der Waals surface area contributed by atoms with Gasteiger partial charge in [0.2, 0.25) is 11.2 Å². The Bertz CT molecular complexity index is 1030. The molecule has 0 saturated carbocycles. The average molecular weight is 491 g/mol. The highest BCUT2D eigenvalue weighted by Gasteiger charge is 2.52. The van der Waals surface area contributed by atoms with E-state index in [1.54, 1.807) is 0 Å². The summed E-state index contributed by atoms with van der Waals surface area (Å²) in [4.78, 5) is 12.2. The van der Waals surface area contributed by atoms with Crippen LogP contribution in [0.5, 0.6) is 0 Å². The molecule has 0 spiro atoms. The molecule has 0 saturated heterocycles. The first-order valence-electron chi connectivity index (χ1n) is 9.09. The van der Waals surface area contributed by atoms with Crippen molar-refractivity contribution in [2.75, 3.05) is 0 Å². The Kier molecular flexibility index (Phi) is 7.26. The molecule has 0 fully saturated rings. The zero-order chi connectivity index (χ0) is 22.5. The predicted molar refractivity (Wildman–Crippen MR) is 129 cm³/mol. The summed E-state index contributed by atoms with van der Waals surface area (Å²) in [6, 6.07) is 30.3. The van der Waals surface area contributed by atoms with Crippen LogP contribution in [-0.4, -0.2) is 14.8 Å². The van der Waals surface area contributed by atoms with Gasteiger partial charge >= 0.3 is 0 Å². The maximum absolute atomic E-state index is 12.2. The highest BCUT2D eigenvalue weighted by Crippen LogP contribution is 2.62. The van der Waals surface area contributed by atoms with E-state index < -0.39 is 22.8 Å². The smallest absolute Gasteiger partial charge is 0.278 e. The van der Waals surface area contributed by atoms with Gasteiger partial charge in [-0.3, -0.25) is 10.1 Å². The molecular formula is C23H17Cl3N2O2P+. The summed E-state index contributed by atoms with van der Waals surface area (Å²) in [6.07, 6.45) is 0. The van der Waals surface area contributed by atoms with Crippen LogP contribution < -0.4 is 21.2 Å². The molecule has 0 aliphatic carbocycles. The minimum atomic E-state index is -2.90. The van der Waals surface area contributed by atoms with Crippen LogP contribution >= 0.6 is 42.1 Å². The molecule has 3 aromatic rings. The summed E-state index contributed by atoms with van der Waals surface area (Å²) in [6.45, 7) is 0. The third-order valence-corrected chi connectivity index (χ3v) is 9.30. The van der Waals surface area contributed by atoms with E-state index in [-0.39, 0.29) is 5.31 Å². The van der Waals surface area contributed by atoms with Crippen molar-refractivity contribution in [2.45, 2.75) is 3.79 Å². The normalized spacial score (nSPS) is 12.5. The number of allylic oxidation sites excluding steroid dienone is 1. The Morgan fingerprint density at radius 1 is 0.806 bits per heavy atom. The van der Waals surface area contributed by atoms with Gasteiger partial charge in [-0.1, -0.05) is 89.4 Å². The lowest BCUT2D eigenvalue weighted by atomic mass is 10.3. The second kappa shape index (κ2) is 9.73. The molecule has 156 valence electrons. The third kappa shape index (κ3) is 4.71. The highest BCUT2D eigenvalue weighted by molar-refractivity contribution is 7.99. The summed E-state index contributed by atoms with van der Waals surface area (Å²) in [5.41, 5.74) is 0. The first kappa shape index (κ1) is 23.1. The van der Waals surface area contributed by atoms with Crippen LogP contribution in [0.2, 0.25) is 0 Å². The molecule has 0 aliphatic rings. The monoisotopic (exact) mass is 489 g/mol. The number of aliphatic hydroxyl groups excluding tert-OH is 1. The summed E-state index contributed by atoms with van der Waals surface area (Å²) in [7, 11) is -2.90. The number of nitrogens with one attached hydrogen (secondary N) is 1. The number of hydrogen-bond donors (Lipinski definition) is 2. The van der Waals surface area contributed by atoms with Crippen molar-refractivity contribution in [1.29, 1.82) is 5.26 Å². The fraction of sp³-hybridized carbons (Fsp3) is 0.0435. The molecule has 2 N–H and O–H groups in total. The number of nitrogens with zero attached hydrogens (tertiary/aromatic N) is 1. The van der Waals surface area contributed by atoms with Crippen molar-refractivity contribution < 1.29 is 9.90 Å². The van der Waals surface area contributed by atoms with Crippen LogP contribution in [0.1, 0.15) is 0 Å². The van der Waals surface area contributed by atoms with E-state index in [1.807, 2.05) is 91.0 Å². The summed E-state index contributed by atoms with van der Waals surface area (Å²) in [5.74, 6) is -1.71. The number of alkyl halides is 3. The predicted octanol–water partition coefficient (Wildman–Crippen LogP) is 4.72. The number of amides is 1. The summed E-state index contributed by atoms with van der Waals surface area (Å²) >= 11 is 17.0. The summed E-state index contributed by atoms with van der Waals surface area (Å²) in [5, 5.41) is 25.8. The topological polar surface area (TPSA) is 73.1 Å². The molecule has 8 heteroatoms. The minimum Gasteiger partial charge on any atom is -0.491 e. The quantitative estimate of drug-likeness (QED) is 0.235. The lowest BCUT2D eigenvalue weighted by Gasteiger charge is -2.27. The molecule has 3 rings (SSSR count). The number of aliphatic hydroxyl groups is 1. The van der Waals surface area contributed by atoms with E-state index in [0.717, 1.165) is 15.9 Å². The van der Waals surface area contributed by atoms with Crippen LogP contribution in [0.25, 0.3) is 0 Å². The Labute approximate surface area is 196 Å². The fourth-order valence-electron chi connectivity index (χ4n) is 3.31. The zero-order valence-corrected chi connectivity index (χ0v) is 19.2. The van der Waals surface area contributed by atoms with Gasteiger partial charge in [0.1, 0.15) is 22.0 Å². The maximum Gasteiger partial charge on any atom is 0.278 e. The second-order valence-electron chi connectivity index (χ2n) is 6.44.